The molecule has 0 spiro atoms. The van der Waals surface area contributed by atoms with E-state index in [2.05, 4.69) is 15.4 Å². The number of alkyl halides is 2. The summed E-state index contributed by atoms with van der Waals surface area (Å²) in [7, 11) is 0. The summed E-state index contributed by atoms with van der Waals surface area (Å²) in [6.07, 6.45) is -0.813. The van der Waals surface area contributed by atoms with Gasteiger partial charge in [-0.2, -0.15) is 5.10 Å². The van der Waals surface area contributed by atoms with E-state index in [1.54, 1.807) is 18.2 Å². The molecule has 5 nitrogen and oxygen atoms in total. The minimum Gasteiger partial charge on any atom is -0.320 e. The van der Waals surface area contributed by atoms with Crippen molar-refractivity contribution in [2.75, 3.05) is 5.32 Å². The number of benzene rings is 1. The summed E-state index contributed by atoms with van der Waals surface area (Å²) >= 11 is 5.95. The van der Waals surface area contributed by atoms with Gasteiger partial charge in [-0.1, -0.05) is 17.7 Å². The Morgan fingerprint density at radius 3 is 2.77 bits per heavy atom. The number of nitrogens with zero attached hydrogens (tertiary/aromatic N) is 3. The number of halogens is 3. The summed E-state index contributed by atoms with van der Waals surface area (Å²) in [5.41, 5.74) is 2.01. The Bertz CT molecular complexity index is 1010. The normalized spacial score (nSPS) is 14.2. The zero-order chi connectivity index (χ0) is 18.4. The molecule has 26 heavy (non-hydrogen) atoms. The molecule has 134 valence electrons. The average Bonchev–Trinajstić information content (AvgIpc) is 3.35. The van der Waals surface area contributed by atoms with Gasteiger partial charge in [-0.05, 0) is 43.5 Å². The van der Waals surface area contributed by atoms with Crippen molar-refractivity contribution < 1.29 is 13.6 Å². The number of aryl methyl sites for hydroxylation is 1. The van der Waals surface area contributed by atoms with Crippen LogP contribution >= 0.6 is 11.6 Å². The van der Waals surface area contributed by atoms with Gasteiger partial charge < -0.3 is 5.32 Å². The summed E-state index contributed by atoms with van der Waals surface area (Å²) in [6.45, 7) is 1.83. The van der Waals surface area contributed by atoms with Crippen LogP contribution in [-0.2, 0) is 0 Å². The second-order valence-corrected chi connectivity index (χ2v) is 6.83. The van der Waals surface area contributed by atoms with Gasteiger partial charge in [0.05, 0.1) is 0 Å². The molecule has 2 aromatic heterocycles. The number of hydrogen-bond donors (Lipinski definition) is 1. The highest BCUT2D eigenvalue weighted by Crippen LogP contribution is 2.40. The minimum atomic E-state index is -2.70. The van der Waals surface area contributed by atoms with E-state index >= 15 is 0 Å². The Hall–Kier alpha value is -2.54. The molecule has 0 bridgehead atoms. The molecule has 4 rings (SSSR count). The lowest BCUT2D eigenvalue weighted by atomic mass is 10.2. The zero-order valence-corrected chi connectivity index (χ0v) is 14.6. The van der Waals surface area contributed by atoms with E-state index in [9.17, 15) is 13.6 Å². The number of aromatic nitrogens is 3. The first kappa shape index (κ1) is 16.9. The first-order valence-electron chi connectivity index (χ1n) is 8.18. The van der Waals surface area contributed by atoms with E-state index in [1.807, 2.05) is 6.92 Å². The number of carbonyl (C=O) groups is 1. The molecular weight excluding hydrogens is 362 g/mol. The third-order valence-corrected chi connectivity index (χ3v) is 4.61. The van der Waals surface area contributed by atoms with Gasteiger partial charge in [0, 0.05) is 28.4 Å². The van der Waals surface area contributed by atoms with Gasteiger partial charge in [-0.3, -0.25) is 4.79 Å². The molecule has 2 heterocycles. The molecule has 1 fully saturated rings. The molecule has 0 radical (unpaired) electrons. The number of anilines is 1. The summed E-state index contributed by atoms with van der Waals surface area (Å²) in [4.78, 5) is 16.9. The number of rotatable bonds is 4. The number of carbonyl (C=O) groups excluding carboxylic acids is 1. The fraction of sp³-hybridized carbons (Fsp3) is 0.278. The second kappa shape index (κ2) is 6.32. The van der Waals surface area contributed by atoms with Gasteiger partial charge in [0.2, 0.25) is 0 Å². The number of hydrogen-bond acceptors (Lipinski definition) is 3. The van der Waals surface area contributed by atoms with Crippen molar-refractivity contribution in [2.24, 2.45) is 0 Å². The maximum atomic E-state index is 13.4. The van der Waals surface area contributed by atoms with E-state index in [-0.39, 0.29) is 23.0 Å². The summed E-state index contributed by atoms with van der Waals surface area (Å²) in [6, 6.07) is 7.92. The number of amides is 1. The second-order valence-electron chi connectivity index (χ2n) is 6.39. The van der Waals surface area contributed by atoms with Crippen molar-refractivity contribution in [2.45, 2.75) is 32.1 Å². The van der Waals surface area contributed by atoms with Crippen LogP contribution in [0.1, 0.15) is 52.6 Å². The van der Waals surface area contributed by atoms with Gasteiger partial charge in [-0.15, -0.1) is 0 Å². The highest BCUT2D eigenvalue weighted by Gasteiger charge is 2.28. The van der Waals surface area contributed by atoms with Crippen molar-refractivity contribution in [3.05, 3.63) is 58.0 Å². The zero-order valence-electron chi connectivity index (χ0n) is 13.8. The van der Waals surface area contributed by atoms with E-state index in [0.717, 1.165) is 22.9 Å². The van der Waals surface area contributed by atoms with Crippen LogP contribution in [0.25, 0.3) is 5.65 Å². The largest absolute Gasteiger partial charge is 0.320 e. The number of fused-ring (bicyclic) bond motifs is 1. The predicted molar refractivity (Wildman–Crippen MR) is 94.1 cm³/mol. The van der Waals surface area contributed by atoms with Gasteiger partial charge in [0.15, 0.2) is 11.3 Å². The first-order valence-corrected chi connectivity index (χ1v) is 8.56. The molecule has 1 saturated carbocycles. The monoisotopic (exact) mass is 376 g/mol. The Labute approximate surface area is 153 Å². The fourth-order valence-electron chi connectivity index (χ4n) is 2.79. The Morgan fingerprint density at radius 2 is 2.08 bits per heavy atom. The molecule has 0 unspecified atom stereocenters. The Balaban J connectivity index is 1.71. The number of nitrogens with one attached hydrogen (secondary N) is 1. The summed E-state index contributed by atoms with van der Waals surface area (Å²) < 4.78 is 27.9. The van der Waals surface area contributed by atoms with Crippen molar-refractivity contribution in [1.29, 1.82) is 0 Å². The van der Waals surface area contributed by atoms with Crippen LogP contribution in [0.15, 0.2) is 30.3 Å². The van der Waals surface area contributed by atoms with Crippen molar-refractivity contribution in [3.8, 4) is 0 Å². The third kappa shape index (κ3) is 3.14. The van der Waals surface area contributed by atoms with E-state index in [1.165, 1.54) is 12.1 Å². The van der Waals surface area contributed by atoms with Crippen LogP contribution in [0.2, 0.25) is 5.02 Å². The van der Waals surface area contributed by atoms with Crippen molar-refractivity contribution >= 4 is 28.8 Å². The fourth-order valence-corrected chi connectivity index (χ4v) is 2.96. The molecule has 0 aliphatic heterocycles. The Kier molecular flexibility index (Phi) is 4.11. The maximum Gasteiger partial charge on any atom is 0.280 e. The van der Waals surface area contributed by atoms with Crippen molar-refractivity contribution in [1.82, 2.24) is 14.6 Å². The SMILES string of the molecule is Cc1ccc(Cl)cc1NC(=O)c1cc2nc(C3CC3)cc(C(F)F)n2n1. The first-order chi connectivity index (χ1) is 12.4. The van der Waals surface area contributed by atoms with Crippen LogP contribution in [0.4, 0.5) is 14.5 Å². The molecule has 0 atom stereocenters. The van der Waals surface area contributed by atoms with Gasteiger partial charge in [0.1, 0.15) is 5.69 Å². The van der Waals surface area contributed by atoms with E-state index < -0.39 is 12.3 Å². The lowest BCUT2D eigenvalue weighted by Crippen LogP contribution is -2.14. The Morgan fingerprint density at radius 1 is 1.31 bits per heavy atom. The highest BCUT2D eigenvalue weighted by atomic mass is 35.5. The molecule has 1 aliphatic rings. The molecule has 0 saturated heterocycles. The third-order valence-electron chi connectivity index (χ3n) is 4.37. The summed E-state index contributed by atoms with van der Waals surface area (Å²) in [5, 5.41) is 7.23. The highest BCUT2D eigenvalue weighted by molar-refractivity contribution is 6.31. The molecule has 1 aromatic carbocycles. The van der Waals surface area contributed by atoms with Crippen LogP contribution in [0.3, 0.4) is 0 Å². The average molecular weight is 377 g/mol. The predicted octanol–water partition coefficient (Wildman–Crippen LogP) is 4.76. The van der Waals surface area contributed by atoms with Gasteiger partial charge in [-0.25, -0.2) is 18.3 Å². The smallest absolute Gasteiger partial charge is 0.280 e. The quantitative estimate of drug-likeness (QED) is 0.714. The lowest BCUT2D eigenvalue weighted by molar-refractivity contribution is 0.102. The molecule has 8 heteroatoms. The minimum absolute atomic E-state index is 0.0201. The maximum absolute atomic E-state index is 13.4. The standard InChI is InChI=1S/C18H15ClF2N4O/c1-9-2-5-11(19)6-12(9)23-18(26)14-8-16-22-13(10-3-4-10)7-15(17(20)21)25(16)24-14/h2,5-8,10,17H,3-4H2,1H3,(H,23,26). The molecule has 3 aromatic rings. The van der Waals surface area contributed by atoms with Gasteiger partial charge >= 0.3 is 0 Å². The lowest BCUT2D eigenvalue weighted by Gasteiger charge is -2.07. The van der Waals surface area contributed by atoms with E-state index in [0.29, 0.717) is 16.4 Å². The molecule has 1 amide bonds. The molecule has 1 aliphatic carbocycles. The van der Waals surface area contributed by atoms with Crippen LogP contribution < -0.4 is 5.32 Å². The van der Waals surface area contributed by atoms with Crippen LogP contribution in [-0.4, -0.2) is 20.5 Å². The van der Waals surface area contributed by atoms with Crippen LogP contribution in [0, 0.1) is 6.92 Å². The topological polar surface area (TPSA) is 59.3 Å². The van der Waals surface area contributed by atoms with Crippen LogP contribution in [0.5, 0.6) is 0 Å². The molecular formula is C18H15ClF2N4O. The van der Waals surface area contributed by atoms with E-state index in [4.69, 9.17) is 11.6 Å². The van der Waals surface area contributed by atoms with Gasteiger partial charge in [0.25, 0.3) is 12.3 Å². The summed E-state index contributed by atoms with van der Waals surface area (Å²) in [5.74, 6) is -0.284. The van der Waals surface area contributed by atoms with Crippen molar-refractivity contribution in [3.63, 3.8) is 0 Å². The molecule has 1 N–H and O–H groups in total.